The SMILES string of the molecule is CCNC=NCCCNCC. The summed E-state index contributed by atoms with van der Waals surface area (Å²) in [5.74, 6) is 0. The highest BCUT2D eigenvalue weighted by Crippen LogP contribution is 1.76. The maximum atomic E-state index is 4.16. The summed E-state index contributed by atoms with van der Waals surface area (Å²) in [6.45, 7) is 8.17. The summed E-state index contributed by atoms with van der Waals surface area (Å²) in [6, 6.07) is 0. The Morgan fingerprint density at radius 1 is 1.27 bits per heavy atom. The molecule has 0 aliphatic carbocycles. The van der Waals surface area contributed by atoms with Crippen LogP contribution in [0.1, 0.15) is 20.3 Å². The molecule has 0 radical (unpaired) electrons. The van der Waals surface area contributed by atoms with Gasteiger partial charge in [-0.3, -0.25) is 4.99 Å². The highest BCUT2D eigenvalue weighted by molar-refractivity contribution is 5.53. The fourth-order valence-corrected chi connectivity index (χ4v) is 0.693. The fraction of sp³-hybridized carbons (Fsp3) is 0.875. The van der Waals surface area contributed by atoms with Gasteiger partial charge < -0.3 is 10.6 Å². The Kier molecular flexibility index (Phi) is 8.94. The van der Waals surface area contributed by atoms with Crippen LogP contribution in [-0.2, 0) is 0 Å². The van der Waals surface area contributed by atoms with E-state index in [-0.39, 0.29) is 0 Å². The summed E-state index contributed by atoms with van der Waals surface area (Å²) >= 11 is 0. The van der Waals surface area contributed by atoms with Crippen LogP contribution in [0.3, 0.4) is 0 Å². The van der Waals surface area contributed by atoms with Crippen molar-refractivity contribution in [1.29, 1.82) is 0 Å². The first-order valence-corrected chi connectivity index (χ1v) is 4.34. The number of nitrogens with zero attached hydrogens (tertiary/aromatic N) is 1. The lowest BCUT2D eigenvalue weighted by atomic mass is 10.4. The molecule has 0 aromatic carbocycles. The van der Waals surface area contributed by atoms with Crippen molar-refractivity contribution in [2.45, 2.75) is 20.3 Å². The molecular formula is C8H19N3. The molecule has 0 saturated heterocycles. The van der Waals surface area contributed by atoms with Crippen LogP contribution in [0.2, 0.25) is 0 Å². The van der Waals surface area contributed by atoms with Crippen molar-refractivity contribution in [2.75, 3.05) is 26.2 Å². The van der Waals surface area contributed by atoms with Gasteiger partial charge in [-0.25, -0.2) is 0 Å². The Morgan fingerprint density at radius 3 is 2.73 bits per heavy atom. The molecule has 0 aromatic rings. The summed E-state index contributed by atoms with van der Waals surface area (Å²) < 4.78 is 0. The maximum Gasteiger partial charge on any atom is 0.0823 e. The van der Waals surface area contributed by atoms with Crippen molar-refractivity contribution in [2.24, 2.45) is 4.99 Å². The van der Waals surface area contributed by atoms with Crippen LogP contribution >= 0.6 is 0 Å². The van der Waals surface area contributed by atoms with E-state index in [0.717, 1.165) is 32.6 Å². The Morgan fingerprint density at radius 2 is 2.09 bits per heavy atom. The first kappa shape index (κ1) is 10.4. The summed E-state index contributed by atoms with van der Waals surface area (Å²) in [5.41, 5.74) is 0. The first-order chi connectivity index (χ1) is 5.41. The number of nitrogens with one attached hydrogen (secondary N) is 2. The highest BCUT2D eigenvalue weighted by atomic mass is 14.9. The smallest absolute Gasteiger partial charge is 0.0823 e. The second kappa shape index (κ2) is 9.43. The van der Waals surface area contributed by atoms with Crippen molar-refractivity contribution in [3.8, 4) is 0 Å². The lowest BCUT2D eigenvalue weighted by Crippen LogP contribution is -2.15. The molecule has 0 fully saturated rings. The predicted octanol–water partition coefficient (Wildman–Crippen LogP) is 0.624. The average Bonchev–Trinajstić information content (AvgIpc) is 2.03. The van der Waals surface area contributed by atoms with E-state index >= 15 is 0 Å². The van der Waals surface area contributed by atoms with Gasteiger partial charge in [-0.05, 0) is 26.4 Å². The third-order valence-electron chi connectivity index (χ3n) is 1.28. The van der Waals surface area contributed by atoms with Crippen molar-refractivity contribution in [1.82, 2.24) is 10.6 Å². The zero-order chi connectivity index (χ0) is 8.36. The molecule has 0 atom stereocenters. The summed E-state index contributed by atoms with van der Waals surface area (Å²) in [5, 5.41) is 6.27. The minimum atomic E-state index is 0.917. The van der Waals surface area contributed by atoms with Gasteiger partial charge in [0, 0.05) is 13.1 Å². The fourth-order valence-electron chi connectivity index (χ4n) is 0.693. The second-order valence-corrected chi connectivity index (χ2v) is 2.30. The summed E-state index contributed by atoms with van der Waals surface area (Å²) in [4.78, 5) is 4.16. The van der Waals surface area contributed by atoms with E-state index in [1.807, 2.05) is 0 Å². The largest absolute Gasteiger partial charge is 0.377 e. The number of rotatable bonds is 7. The first-order valence-electron chi connectivity index (χ1n) is 4.34. The minimum Gasteiger partial charge on any atom is -0.377 e. The van der Waals surface area contributed by atoms with E-state index in [1.165, 1.54) is 0 Å². The molecule has 0 saturated carbocycles. The van der Waals surface area contributed by atoms with Crippen molar-refractivity contribution in [3.05, 3.63) is 0 Å². The molecule has 0 amide bonds. The molecule has 0 bridgehead atoms. The van der Waals surface area contributed by atoms with E-state index < -0.39 is 0 Å². The van der Waals surface area contributed by atoms with Gasteiger partial charge in [0.05, 0.1) is 6.34 Å². The van der Waals surface area contributed by atoms with Crippen LogP contribution in [0.15, 0.2) is 4.99 Å². The highest BCUT2D eigenvalue weighted by Gasteiger charge is 1.81. The molecule has 0 heterocycles. The zero-order valence-electron chi connectivity index (χ0n) is 7.56. The molecule has 0 unspecified atom stereocenters. The van der Waals surface area contributed by atoms with E-state index in [0.29, 0.717) is 0 Å². The van der Waals surface area contributed by atoms with Crippen LogP contribution in [0.25, 0.3) is 0 Å². The van der Waals surface area contributed by atoms with E-state index in [9.17, 15) is 0 Å². The van der Waals surface area contributed by atoms with Crippen LogP contribution in [0.5, 0.6) is 0 Å². The molecular weight excluding hydrogens is 138 g/mol. The molecule has 3 nitrogen and oxygen atoms in total. The van der Waals surface area contributed by atoms with Crippen molar-refractivity contribution >= 4 is 6.34 Å². The molecule has 0 rings (SSSR count). The molecule has 0 aromatic heterocycles. The number of hydrogen-bond acceptors (Lipinski definition) is 2. The lowest BCUT2D eigenvalue weighted by molar-refractivity contribution is 0.679. The quantitative estimate of drug-likeness (QED) is 0.323. The lowest BCUT2D eigenvalue weighted by Gasteiger charge is -1.97. The van der Waals surface area contributed by atoms with Crippen LogP contribution in [0.4, 0.5) is 0 Å². The van der Waals surface area contributed by atoms with Crippen molar-refractivity contribution < 1.29 is 0 Å². The predicted molar refractivity (Wildman–Crippen MR) is 50.2 cm³/mol. The third kappa shape index (κ3) is 9.43. The van der Waals surface area contributed by atoms with Gasteiger partial charge in [-0.15, -0.1) is 0 Å². The van der Waals surface area contributed by atoms with Crippen LogP contribution < -0.4 is 10.6 Å². The van der Waals surface area contributed by atoms with Gasteiger partial charge in [-0.2, -0.15) is 0 Å². The second-order valence-electron chi connectivity index (χ2n) is 2.30. The summed E-state index contributed by atoms with van der Waals surface area (Å²) in [6.07, 6.45) is 2.90. The summed E-state index contributed by atoms with van der Waals surface area (Å²) in [7, 11) is 0. The van der Waals surface area contributed by atoms with Gasteiger partial charge in [0.25, 0.3) is 0 Å². The normalized spacial score (nSPS) is 10.7. The Labute approximate surface area is 69.3 Å². The molecule has 3 heteroatoms. The average molecular weight is 157 g/mol. The third-order valence-corrected chi connectivity index (χ3v) is 1.28. The Bertz CT molecular complexity index is 91.3. The van der Waals surface area contributed by atoms with Gasteiger partial charge in [-0.1, -0.05) is 6.92 Å². The molecule has 0 aliphatic heterocycles. The molecule has 11 heavy (non-hydrogen) atoms. The van der Waals surface area contributed by atoms with Crippen LogP contribution in [0, 0.1) is 0 Å². The molecule has 2 N–H and O–H groups in total. The Balaban J connectivity index is 2.89. The maximum absolute atomic E-state index is 4.16. The topological polar surface area (TPSA) is 36.4 Å². The van der Waals surface area contributed by atoms with E-state index in [1.54, 1.807) is 6.34 Å². The number of hydrogen-bond donors (Lipinski definition) is 2. The van der Waals surface area contributed by atoms with Gasteiger partial charge in [0.15, 0.2) is 0 Å². The zero-order valence-corrected chi connectivity index (χ0v) is 7.56. The Hall–Kier alpha value is -0.570. The van der Waals surface area contributed by atoms with E-state index in [2.05, 4.69) is 29.5 Å². The van der Waals surface area contributed by atoms with Gasteiger partial charge in [0.1, 0.15) is 0 Å². The minimum absolute atomic E-state index is 0.917. The molecule has 0 spiro atoms. The van der Waals surface area contributed by atoms with E-state index in [4.69, 9.17) is 0 Å². The monoisotopic (exact) mass is 157 g/mol. The number of aliphatic imine (C=N–C) groups is 1. The van der Waals surface area contributed by atoms with Crippen molar-refractivity contribution in [3.63, 3.8) is 0 Å². The molecule has 0 aliphatic rings. The van der Waals surface area contributed by atoms with Crippen LogP contribution in [-0.4, -0.2) is 32.5 Å². The molecule has 66 valence electrons. The van der Waals surface area contributed by atoms with Gasteiger partial charge >= 0.3 is 0 Å². The van der Waals surface area contributed by atoms with Gasteiger partial charge in [0.2, 0.25) is 0 Å². The standard InChI is InChI=1S/C8H19N3/c1-3-9-6-5-7-11-8-10-4-2/h8-9H,3-7H2,1-2H3,(H,10,11).